The van der Waals surface area contributed by atoms with E-state index in [0.29, 0.717) is 0 Å². The lowest BCUT2D eigenvalue weighted by atomic mass is 9.98. The molecule has 0 aliphatic carbocycles. The Labute approximate surface area is 68.4 Å². The van der Waals surface area contributed by atoms with Crippen LogP contribution in [0, 0.1) is 5.92 Å². The lowest BCUT2D eigenvalue weighted by Crippen LogP contribution is -2.31. The predicted octanol–water partition coefficient (Wildman–Crippen LogP) is 2.29. The molecule has 74 valence electrons. The molecule has 0 aromatic heterocycles. The molecule has 0 heterocycles. The predicted molar refractivity (Wildman–Crippen MR) is 36.4 cm³/mol. The summed E-state index contributed by atoms with van der Waals surface area (Å²) in [5.74, 6) is -4.81. The highest BCUT2D eigenvalue weighted by Crippen LogP contribution is 2.31. The topological polar surface area (TPSA) is 20.2 Å². The Morgan fingerprint density at radius 1 is 1.25 bits per heavy atom. The largest absolute Gasteiger partial charge is 0.393 e. The number of aliphatic hydroxyl groups excluding tert-OH is 1. The molecule has 0 aliphatic heterocycles. The highest BCUT2D eigenvalue weighted by molar-refractivity contribution is 4.74. The van der Waals surface area contributed by atoms with Gasteiger partial charge in [-0.3, -0.25) is 0 Å². The quantitative estimate of drug-likeness (QED) is 0.671. The standard InChI is InChI=1S/C7H12F4O/c1-4(5(2)12)3-7(10,11)6(8)9/h4-6,12H,3H2,1-2H3. The van der Waals surface area contributed by atoms with E-state index >= 15 is 0 Å². The third-order valence-electron chi connectivity index (χ3n) is 1.74. The maximum atomic E-state index is 12.3. The van der Waals surface area contributed by atoms with Crippen LogP contribution in [0.2, 0.25) is 0 Å². The summed E-state index contributed by atoms with van der Waals surface area (Å²) in [4.78, 5) is 0. The summed E-state index contributed by atoms with van der Waals surface area (Å²) >= 11 is 0. The van der Waals surface area contributed by atoms with Crippen LogP contribution in [0.1, 0.15) is 20.3 Å². The van der Waals surface area contributed by atoms with Crippen molar-refractivity contribution in [2.75, 3.05) is 0 Å². The summed E-state index contributed by atoms with van der Waals surface area (Å²) in [5, 5.41) is 8.79. The smallest absolute Gasteiger partial charge is 0.307 e. The van der Waals surface area contributed by atoms with E-state index in [2.05, 4.69) is 0 Å². The maximum absolute atomic E-state index is 12.3. The van der Waals surface area contributed by atoms with Gasteiger partial charge < -0.3 is 5.11 Å². The Hall–Kier alpha value is -0.320. The summed E-state index contributed by atoms with van der Waals surface area (Å²) in [6.45, 7) is 2.60. The molecule has 0 aliphatic rings. The van der Waals surface area contributed by atoms with E-state index < -0.39 is 30.8 Å². The van der Waals surface area contributed by atoms with Gasteiger partial charge in [0.25, 0.3) is 0 Å². The second-order valence-corrected chi connectivity index (χ2v) is 2.98. The van der Waals surface area contributed by atoms with Crippen LogP contribution in [0.25, 0.3) is 0 Å². The second-order valence-electron chi connectivity index (χ2n) is 2.98. The van der Waals surface area contributed by atoms with Gasteiger partial charge in [0.2, 0.25) is 0 Å². The SMILES string of the molecule is CC(O)C(C)CC(F)(F)C(F)F. The van der Waals surface area contributed by atoms with Gasteiger partial charge in [-0.15, -0.1) is 0 Å². The first-order valence-corrected chi connectivity index (χ1v) is 3.61. The first-order valence-electron chi connectivity index (χ1n) is 3.61. The molecule has 0 saturated heterocycles. The van der Waals surface area contributed by atoms with E-state index in [1.165, 1.54) is 13.8 Å². The van der Waals surface area contributed by atoms with Gasteiger partial charge in [0, 0.05) is 6.42 Å². The number of aliphatic hydroxyl groups is 1. The third kappa shape index (κ3) is 3.38. The highest BCUT2D eigenvalue weighted by Gasteiger charge is 2.42. The van der Waals surface area contributed by atoms with E-state index in [0.717, 1.165) is 0 Å². The van der Waals surface area contributed by atoms with Crippen molar-refractivity contribution in [2.45, 2.75) is 38.7 Å². The van der Waals surface area contributed by atoms with Crippen LogP contribution in [-0.2, 0) is 0 Å². The van der Waals surface area contributed by atoms with Crippen LogP contribution in [0.15, 0.2) is 0 Å². The van der Waals surface area contributed by atoms with Gasteiger partial charge in [0.15, 0.2) is 0 Å². The molecule has 1 N–H and O–H groups in total. The number of hydrogen-bond donors (Lipinski definition) is 1. The van der Waals surface area contributed by atoms with Crippen molar-refractivity contribution in [3.05, 3.63) is 0 Å². The Kier molecular flexibility index (Phi) is 3.96. The fourth-order valence-corrected chi connectivity index (χ4v) is 0.689. The van der Waals surface area contributed by atoms with Crippen molar-refractivity contribution in [3.63, 3.8) is 0 Å². The zero-order valence-corrected chi connectivity index (χ0v) is 6.90. The van der Waals surface area contributed by atoms with E-state index in [1.807, 2.05) is 0 Å². The number of rotatable bonds is 4. The minimum atomic E-state index is -3.99. The Morgan fingerprint density at radius 2 is 1.67 bits per heavy atom. The third-order valence-corrected chi connectivity index (χ3v) is 1.74. The van der Waals surface area contributed by atoms with Crippen LogP contribution >= 0.6 is 0 Å². The van der Waals surface area contributed by atoms with Gasteiger partial charge in [-0.1, -0.05) is 6.92 Å². The molecule has 0 saturated carbocycles. The minimum absolute atomic E-state index is 0.825. The Balaban J connectivity index is 4.05. The van der Waals surface area contributed by atoms with E-state index in [-0.39, 0.29) is 0 Å². The lowest BCUT2D eigenvalue weighted by molar-refractivity contribution is -0.145. The summed E-state index contributed by atoms with van der Waals surface area (Å²) < 4.78 is 47.8. The molecule has 0 amide bonds. The van der Waals surface area contributed by atoms with Crippen molar-refractivity contribution in [1.82, 2.24) is 0 Å². The fraction of sp³-hybridized carbons (Fsp3) is 1.00. The number of halogens is 4. The van der Waals surface area contributed by atoms with Gasteiger partial charge in [-0.05, 0) is 12.8 Å². The molecule has 0 radical (unpaired) electrons. The van der Waals surface area contributed by atoms with E-state index in [1.54, 1.807) is 0 Å². The van der Waals surface area contributed by atoms with Gasteiger partial charge in [0.05, 0.1) is 6.10 Å². The molecule has 1 nitrogen and oxygen atoms in total. The van der Waals surface area contributed by atoms with Crippen molar-refractivity contribution >= 4 is 0 Å². The van der Waals surface area contributed by atoms with Gasteiger partial charge in [-0.25, -0.2) is 17.6 Å². The highest BCUT2D eigenvalue weighted by atomic mass is 19.3. The summed E-state index contributed by atoms with van der Waals surface area (Å²) in [5.41, 5.74) is 0. The zero-order chi connectivity index (χ0) is 9.94. The van der Waals surface area contributed by atoms with Crippen LogP contribution in [0.3, 0.4) is 0 Å². The molecule has 0 aromatic carbocycles. The Bertz CT molecular complexity index is 135. The van der Waals surface area contributed by atoms with Crippen LogP contribution in [0.4, 0.5) is 17.6 Å². The van der Waals surface area contributed by atoms with Crippen molar-refractivity contribution < 1.29 is 22.7 Å². The van der Waals surface area contributed by atoms with Crippen molar-refractivity contribution in [1.29, 1.82) is 0 Å². The normalized spacial score (nSPS) is 18.0. The average Bonchev–Trinajstić information content (AvgIpc) is 1.85. The van der Waals surface area contributed by atoms with Gasteiger partial charge in [-0.2, -0.15) is 0 Å². The molecular formula is C7H12F4O. The van der Waals surface area contributed by atoms with Crippen LogP contribution in [-0.4, -0.2) is 23.6 Å². The summed E-state index contributed by atoms with van der Waals surface area (Å²) in [6, 6.07) is 0. The molecule has 0 bridgehead atoms. The molecular weight excluding hydrogens is 176 g/mol. The molecule has 12 heavy (non-hydrogen) atoms. The zero-order valence-electron chi connectivity index (χ0n) is 6.90. The maximum Gasteiger partial charge on any atom is 0.307 e. The van der Waals surface area contributed by atoms with Crippen LogP contribution < -0.4 is 0 Å². The summed E-state index contributed by atoms with van der Waals surface area (Å²) in [6.07, 6.45) is -5.63. The van der Waals surface area contributed by atoms with Crippen LogP contribution in [0.5, 0.6) is 0 Å². The van der Waals surface area contributed by atoms with E-state index in [9.17, 15) is 17.6 Å². The summed E-state index contributed by atoms with van der Waals surface area (Å²) in [7, 11) is 0. The number of hydrogen-bond acceptors (Lipinski definition) is 1. The molecule has 0 fully saturated rings. The molecule has 0 rings (SSSR count). The van der Waals surface area contributed by atoms with Crippen molar-refractivity contribution in [2.24, 2.45) is 5.92 Å². The fourth-order valence-electron chi connectivity index (χ4n) is 0.689. The number of alkyl halides is 4. The lowest BCUT2D eigenvalue weighted by Gasteiger charge is -2.21. The first kappa shape index (κ1) is 11.7. The minimum Gasteiger partial charge on any atom is -0.393 e. The molecule has 2 unspecified atom stereocenters. The molecule has 0 aromatic rings. The molecule has 2 atom stereocenters. The molecule has 0 spiro atoms. The average molecular weight is 188 g/mol. The Morgan fingerprint density at radius 3 is 1.92 bits per heavy atom. The second kappa shape index (κ2) is 4.07. The van der Waals surface area contributed by atoms with Gasteiger partial charge >= 0.3 is 12.3 Å². The van der Waals surface area contributed by atoms with Gasteiger partial charge in [0.1, 0.15) is 0 Å². The first-order chi connectivity index (χ1) is 5.27. The van der Waals surface area contributed by atoms with E-state index in [4.69, 9.17) is 5.11 Å². The monoisotopic (exact) mass is 188 g/mol. The van der Waals surface area contributed by atoms with Crippen molar-refractivity contribution in [3.8, 4) is 0 Å². The molecule has 5 heteroatoms.